The number of carbonyl (C=O) groups excluding carboxylic acids is 1. The number of nitrogens with one attached hydrogen (secondary N) is 2. The van der Waals surface area contributed by atoms with E-state index in [9.17, 15) is 4.79 Å². The Bertz CT molecular complexity index is 1140. The van der Waals surface area contributed by atoms with Gasteiger partial charge < -0.3 is 14.6 Å². The molecule has 1 aliphatic heterocycles. The summed E-state index contributed by atoms with van der Waals surface area (Å²) in [5, 5.41) is 7.79. The van der Waals surface area contributed by atoms with Gasteiger partial charge in [0.15, 0.2) is 11.5 Å². The van der Waals surface area contributed by atoms with Crippen LogP contribution in [0.4, 0.5) is 5.69 Å². The molecule has 1 amide bonds. The molecular formula is C24H32N6O2. The Morgan fingerprint density at radius 3 is 2.88 bits per heavy atom. The molecule has 0 aromatic carbocycles. The first-order valence-electron chi connectivity index (χ1n) is 11.6. The van der Waals surface area contributed by atoms with Crippen molar-refractivity contribution in [2.45, 2.75) is 52.9 Å². The number of hydrogen-bond donors (Lipinski definition) is 2. The maximum absolute atomic E-state index is 13.1. The number of hydrogen-bond acceptors (Lipinski definition) is 5. The van der Waals surface area contributed by atoms with E-state index in [4.69, 9.17) is 9.72 Å². The number of aromatic amines is 2. The fourth-order valence-electron chi connectivity index (χ4n) is 5.07. The first kappa shape index (κ1) is 21.1. The summed E-state index contributed by atoms with van der Waals surface area (Å²) in [6.45, 7) is 8.09. The van der Waals surface area contributed by atoms with E-state index >= 15 is 0 Å². The van der Waals surface area contributed by atoms with Crippen LogP contribution >= 0.6 is 0 Å². The SMILES string of the molecule is CC(C(=O)N(C)c1cnc2[nH]c(-c3n[nH]c4c3CCC(C)(C)C4)nc2c1)C1CCOCC1. The maximum atomic E-state index is 13.1. The van der Waals surface area contributed by atoms with Crippen LogP contribution in [0, 0.1) is 17.3 Å². The van der Waals surface area contributed by atoms with Gasteiger partial charge in [-0.2, -0.15) is 5.10 Å². The first-order valence-corrected chi connectivity index (χ1v) is 11.6. The van der Waals surface area contributed by atoms with Gasteiger partial charge in [0.25, 0.3) is 0 Å². The van der Waals surface area contributed by atoms with Crippen LogP contribution < -0.4 is 4.90 Å². The van der Waals surface area contributed by atoms with E-state index in [2.05, 4.69) is 34.0 Å². The molecule has 32 heavy (non-hydrogen) atoms. The number of aromatic nitrogens is 5. The summed E-state index contributed by atoms with van der Waals surface area (Å²) < 4.78 is 5.45. The third kappa shape index (κ3) is 3.81. The van der Waals surface area contributed by atoms with E-state index < -0.39 is 0 Å². The Morgan fingerprint density at radius 2 is 2.09 bits per heavy atom. The molecule has 1 unspecified atom stereocenters. The highest BCUT2D eigenvalue weighted by atomic mass is 16.5. The summed E-state index contributed by atoms with van der Waals surface area (Å²) in [6, 6.07) is 1.93. The topological polar surface area (TPSA) is 99.8 Å². The number of carbonyl (C=O) groups is 1. The summed E-state index contributed by atoms with van der Waals surface area (Å²) in [6.07, 6.45) is 6.73. The molecule has 0 radical (unpaired) electrons. The Labute approximate surface area is 188 Å². The molecule has 3 aromatic rings. The molecule has 8 nitrogen and oxygen atoms in total. The molecule has 3 aromatic heterocycles. The van der Waals surface area contributed by atoms with E-state index in [0.29, 0.717) is 17.0 Å². The van der Waals surface area contributed by atoms with E-state index in [1.807, 2.05) is 20.0 Å². The minimum Gasteiger partial charge on any atom is -0.381 e. The molecule has 0 spiro atoms. The maximum Gasteiger partial charge on any atom is 0.229 e. The summed E-state index contributed by atoms with van der Waals surface area (Å²) in [7, 11) is 1.82. The molecule has 1 atom stereocenters. The lowest BCUT2D eigenvalue weighted by atomic mass is 9.76. The van der Waals surface area contributed by atoms with Crippen molar-refractivity contribution in [2.75, 3.05) is 25.2 Å². The van der Waals surface area contributed by atoms with Crippen molar-refractivity contribution in [1.29, 1.82) is 0 Å². The Morgan fingerprint density at radius 1 is 1.31 bits per heavy atom. The van der Waals surface area contributed by atoms with Crippen LogP contribution in [-0.2, 0) is 22.4 Å². The summed E-state index contributed by atoms with van der Waals surface area (Å²) >= 11 is 0. The van der Waals surface area contributed by atoms with Crippen molar-refractivity contribution < 1.29 is 9.53 Å². The zero-order chi connectivity index (χ0) is 22.5. The second-order valence-electron chi connectivity index (χ2n) is 10.2. The number of H-pyrrole nitrogens is 2. The smallest absolute Gasteiger partial charge is 0.229 e. The minimum absolute atomic E-state index is 0.0471. The highest BCUT2D eigenvalue weighted by Gasteiger charge is 2.31. The monoisotopic (exact) mass is 436 g/mol. The number of anilines is 1. The number of imidazole rings is 1. The molecule has 8 heteroatoms. The van der Waals surface area contributed by atoms with Crippen molar-refractivity contribution >= 4 is 22.8 Å². The van der Waals surface area contributed by atoms with Crippen LogP contribution in [-0.4, -0.2) is 51.3 Å². The van der Waals surface area contributed by atoms with Gasteiger partial charge in [0.2, 0.25) is 5.91 Å². The van der Waals surface area contributed by atoms with Crippen LogP contribution in [0.25, 0.3) is 22.7 Å². The number of fused-ring (bicyclic) bond motifs is 2. The fourth-order valence-corrected chi connectivity index (χ4v) is 5.07. The Hall–Kier alpha value is -2.74. The molecule has 1 fully saturated rings. The predicted molar refractivity (Wildman–Crippen MR) is 123 cm³/mol. The first-order chi connectivity index (χ1) is 15.3. The van der Waals surface area contributed by atoms with Crippen molar-refractivity contribution in [1.82, 2.24) is 25.1 Å². The lowest BCUT2D eigenvalue weighted by molar-refractivity contribution is -0.124. The van der Waals surface area contributed by atoms with E-state index in [0.717, 1.165) is 68.0 Å². The van der Waals surface area contributed by atoms with E-state index in [1.165, 1.54) is 11.3 Å². The molecule has 0 saturated carbocycles. The van der Waals surface area contributed by atoms with Gasteiger partial charge >= 0.3 is 0 Å². The number of rotatable bonds is 4. The molecular weight excluding hydrogens is 404 g/mol. The molecule has 5 rings (SSSR count). The standard InChI is InChI=1S/C24H32N6O2/c1-14(15-6-9-32-10-7-15)23(31)30(4)16-11-18-21(25-13-16)27-22(26-18)20-17-5-8-24(2,3)12-19(17)28-29-20/h11,13-15H,5-10,12H2,1-4H3,(H,28,29)(H,25,26,27). The van der Waals surface area contributed by atoms with Crippen molar-refractivity contribution in [3.8, 4) is 11.5 Å². The Balaban J connectivity index is 1.39. The van der Waals surface area contributed by atoms with Crippen LogP contribution in [0.3, 0.4) is 0 Å². The normalized spacial score (nSPS) is 19.6. The highest BCUT2D eigenvalue weighted by Crippen LogP contribution is 2.37. The van der Waals surface area contributed by atoms with Crippen molar-refractivity contribution in [2.24, 2.45) is 17.3 Å². The number of nitrogens with zero attached hydrogens (tertiary/aromatic N) is 4. The second-order valence-corrected chi connectivity index (χ2v) is 10.2. The zero-order valence-corrected chi connectivity index (χ0v) is 19.4. The predicted octanol–water partition coefficient (Wildman–Crippen LogP) is 3.89. The van der Waals surface area contributed by atoms with Crippen LogP contribution in [0.5, 0.6) is 0 Å². The third-order valence-corrected chi connectivity index (χ3v) is 7.29. The lowest BCUT2D eigenvalue weighted by Gasteiger charge is -2.30. The van der Waals surface area contributed by atoms with Crippen molar-refractivity contribution in [3.05, 3.63) is 23.5 Å². The van der Waals surface area contributed by atoms with Gasteiger partial charge in [0.05, 0.1) is 11.9 Å². The molecule has 1 aliphatic carbocycles. The van der Waals surface area contributed by atoms with Gasteiger partial charge in [0, 0.05) is 37.4 Å². The van der Waals surface area contributed by atoms with Gasteiger partial charge in [-0.15, -0.1) is 0 Å². The molecule has 1 saturated heterocycles. The second kappa shape index (κ2) is 7.99. The molecule has 170 valence electrons. The lowest BCUT2D eigenvalue weighted by Crippen LogP contribution is -2.37. The number of amides is 1. The van der Waals surface area contributed by atoms with Gasteiger partial charge in [0.1, 0.15) is 11.2 Å². The van der Waals surface area contributed by atoms with E-state index in [-0.39, 0.29) is 11.8 Å². The minimum atomic E-state index is -0.0471. The quantitative estimate of drug-likeness (QED) is 0.646. The van der Waals surface area contributed by atoms with Gasteiger partial charge in [-0.25, -0.2) is 9.97 Å². The summed E-state index contributed by atoms with van der Waals surface area (Å²) in [5.74, 6) is 1.15. The molecule has 2 N–H and O–H groups in total. The average molecular weight is 437 g/mol. The van der Waals surface area contributed by atoms with Crippen LogP contribution in [0.2, 0.25) is 0 Å². The summed E-state index contributed by atoms with van der Waals surface area (Å²) in [5.41, 5.74) is 5.83. The third-order valence-electron chi connectivity index (χ3n) is 7.29. The van der Waals surface area contributed by atoms with Gasteiger partial charge in [-0.05, 0) is 49.5 Å². The Kier molecular flexibility index (Phi) is 5.28. The van der Waals surface area contributed by atoms with Crippen molar-refractivity contribution in [3.63, 3.8) is 0 Å². The van der Waals surface area contributed by atoms with Gasteiger partial charge in [-0.1, -0.05) is 20.8 Å². The summed E-state index contributed by atoms with van der Waals surface area (Å²) in [4.78, 5) is 27.5. The molecule has 4 heterocycles. The van der Waals surface area contributed by atoms with Crippen LogP contribution in [0.15, 0.2) is 12.3 Å². The number of ether oxygens (including phenoxy) is 1. The van der Waals surface area contributed by atoms with E-state index in [1.54, 1.807) is 11.1 Å². The zero-order valence-electron chi connectivity index (χ0n) is 19.4. The van der Waals surface area contributed by atoms with Crippen LogP contribution in [0.1, 0.15) is 51.3 Å². The largest absolute Gasteiger partial charge is 0.381 e. The molecule has 2 aliphatic rings. The highest BCUT2D eigenvalue weighted by molar-refractivity contribution is 5.95. The van der Waals surface area contributed by atoms with Gasteiger partial charge in [-0.3, -0.25) is 9.89 Å². The number of pyridine rings is 1. The molecule has 0 bridgehead atoms. The fraction of sp³-hybridized carbons (Fsp3) is 0.583. The average Bonchev–Trinajstić information content (AvgIpc) is 3.40.